The van der Waals surface area contributed by atoms with E-state index in [0.29, 0.717) is 10.8 Å². The molecule has 23 heavy (non-hydrogen) atoms. The number of anilines is 1. The minimum Gasteiger partial charge on any atom is -0.353 e. The Labute approximate surface area is 139 Å². The van der Waals surface area contributed by atoms with E-state index in [1.54, 1.807) is 18.2 Å². The number of H-pyrrole nitrogens is 1. The molecular weight excluding hydrogens is 316 g/mol. The molecule has 0 atom stereocenters. The van der Waals surface area contributed by atoms with Gasteiger partial charge in [-0.1, -0.05) is 24.4 Å². The van der Waals surface area contributed by atoms with Crippen LogP contribution < -0.4 is 10.6 Å². The SMILES string of the molecule is O=C(CCC(=O)NC1CCCC1)Nc1n[nH]c2cc(Cl)ccc12. The van der Waals surface area contributed by atoms with Gasteiger partial charge in [-0.05, 0) is 31.0 Å². The summed E-state index contributed by atoms with van der Waals surface area (Å²) in [6, 6.07) is 5.56. The number of hydrogen-bond acceptors (Lipinski definition) is 3. The summed E-state index contributed by atoms with van der Waals surface area (Å²) in [4.78, 5) is 23.8. The van der Waals surface area contributed by atoms with Crippen LogP contribution in [0.5, 0.6) is 0 Å². The van der Waals surface area contributed by atoms with E-state index in [1.165, 1.54) is 12.8 Å². The highest BCUT2D eigenvalue weighted by atomic mass is 35.5. The van der Waals surface area contributed by atoms with Crippen molar-refractivity contribution in [2.45, 2.75) is 44.6 Å². The first-order valence-electron chi connectivity index (χ1n) is 7.84. The summed E-state index contributed by atoms with van der Waals surface area (Å²) in [5.41, 5.74) is 0.756. The number of halogens is 1. The number of aromatic amines is 1. The third-order valence-corrected chi connectivity index (χ3v) is 4.32. The van der Waals surface area contributed by atoms with Crippen LogP contribution in [0.3, 0.4) is 0 Å². The zero-order chi connectivity index (χ0) is 16.2. The van der Waals surface area contributed by atoms with Crippen molar-refractivity contribution in [1.29, 1.82) is 0 Å². The minimum atomic E-state index is -0.227. The molecule has 0 bridgehead atoms. The fourth-order valence-electron chi connectivity index (χ4n) is 2.88. The third kappa shape index (κ3) is 4.01. The molecule has 0 spiro atoms. The maximum absolute atomic E-state index is 12.0. The lowest BCUT2D eigenvalue weighted by Crippen LogP contribution is -2.33. The molecule has 6 nitrogen and oxygen atoms in total. The number of hydrogen-bond donors (Lipinski definition) is 3. The van der Waals surface area contributed by atoms with E-state index in [9.17, 15) is 9.59 Å². The second-order valence-electron chi connectivity index (χ2n) is 5.86. The molecule has 3 N–H and O–H groups in total. The van der Waals surface area contributed by atoms with Gasteiger partial charge in [0.2, 0.25) is 11.8 Å². The number of nitrogens with zero attached hydrogens (tertiary/aromatic N) is 1. The average molecular weight is 335 g/mol. The van der Waals surface area contributed by atoms with Crippen molar-refractivity contribution >= 4 is 40.1 Å². The molecule has 1 saturated carbocycles. The van der Waals surface area contributed by atoms with Gasteiger partial charge in [-0.3, -0.25) is 14.7 Å². The summed E-state index contributed by atoms with van der Waals surface area (Å²) in [5.74, 6) is 0.165. The molecule has 1 aromatic heterocycles. The van der Waals surface area contributed by atoms with Gasteiger partial charge < -0.3 is 10.6 Å². The van der Waals surface area contributed by atoms with Gasteiger partial charge in [-0.15, -0.1) is 0 Å². The normalized spacial score (nSPS) is 15.0. The maximum Gasteiger partial charge on any atom is 0.226 e. The summed E-state index contributed by atoms with van der Waals surface area (Å²) < 4.78 is 0. The van der Waals surface area contributed by atoms with Crippen LogP contribution in [0, 0.1) is 0 Å². The molecule has 3 rings (SSSR count). The predicted octanol–water partition coefficient (Wildman–Crippen LogP) is 2.99. The zero-order valence-electron chi connectivity index (χ0n) is 12.7. The summed E-state index contributed by atoms with van der Waals surface area (Å²) in [7, 11) is 0. The topological polar surface area (TPSA) is 86.9 Å². The first-order valence-corrected chi connectivity index (χ1v) is 8.22. The number of carbonyl (C=O) groups is 2. The van der Waals surface area contributed by atoms with Crippen molar-refractivity contribution < 1.29 is 9.59 Å². The third-order valence-electron chi connectivity index (χ3n) is 4.08. The Kier molecular flexibility index (Phi) is 4.81. The molecule has 2 aromatic rings. The van der Waals surface area contributed by atoms with Crippen LogP contribution in [0.2, 0.25) is 5.02 Å². The fourth-order valence-corrected chi connectivity index (χ4v) is 3.05. The Bertz CT molecular complexity index is 722. The smallest absolute Gasteiger partial charge is 0.226 e. The number of benzene rings is 1. The monoisotopic (exact) mass is 334 g/mol. The second-order valence-corrected chi connectivity index (χ2v) is 6.30. The minimum absolute atomic E-state index is 0.0642. The lowest BCUT2D eigenvalue weighted by molar-refractivity contribution is -0.124. The number of rotatable bonds is 5. The summed E-state index contributed by atoms with van der Waals surface area (Å²) >= 11 is 5.91. The summed E-state index contributed by atoms with van der Waals surface area (Å²) in [6.45, 7) is 0. The lowest BCUT2D eigenvalue weighted by atomic mass is 10.2. The van der Waals surface area contributed by atoms with Crippen molar-refractivity contribution in [3.63, 3.8) is 0 Å². The number of amides is 2. The Morgan fingerprint density at radius 1 is 1.22 bits per heavy atom. The number of carbonyl (C=O) groups excluding carboxylic acids is 2. The highest BCUT2D eigenvalue weighted by molar-refractivity contribution is 6.31. The van der Waals surface area contributed by atoms with E-state index in [2.05, 4.69) is 20.8 Å². The van der Waals surface area contributed by atoms with Gasteiger partial charge in [-0.25, -0.2) is 0 Å². The highest BCUT2D eigenvalue weighted by Crippen LogP contribution is 2.23. The van der Waals surface area contributed by atoms with Crippen LogP contribution in [0.15, 0.2) is 18.2 Å². The molecule has 1 heterocycles. The second kappa shape index (κ2) is 7.00. The number of fused-ring (bicyclic) bond motifs is 1. The van der Waals surface area contributed by atoms with Crippen molar-refractivity contribution in [2.24, 2.45) is 0 Å². The average Bonchev–Trinajstić information content (AvgIpc) is 3.15. The largest absolute Gasteiger partial charge is 0.353 e. The van der Waals surface area contributed by atoms with Crippen LogP contribution in [-0.4, -0.2) is 28.1 Å². The van der Waals surface area contributed by atoms with Crippen LogP contribution in [0.1, 0.15) is 38.5 Å². The molecule has 1 fully saturated rings. The van der Waals surface area contributed by atoms with Crippen molar-refractivity contribution in [3.05, 3.63) is 23.2 Å². The summed E-state index contributed by atoms with van der Waals surface area (Å²) in [5, 5.41) is 14.0. The molecule has 0 saturated heterocycles. The van der Waals surface area contributed by atoms with E-state index in [1.807, 2.05) is 0 Å². The molecule has 122 valence electrons. The van der Waals surface area contributed by atoms with Gasteiger partial charge in [0.25, 0.3) is 0 Å². The maximum atomic E-state index is 12.0. The first-order chi connectivity index (χ1) is 11.1. The predicted molar refractivity (Wildman–Crippen MR) is 89.4 cm³/mol. The quantitative estimate of drug-likeness (QED) is 0.785. The Morgan fingerprint density at radius 3 is 2.74 bits per heavy atom. The molecule has 1 aliphatic rings. The Balaban J connectivity index is 1.51. The fraction of sp³-hybridized carbons (Fsp3) is 0.438. The molecule has 1 aromatic carbocycles. The van der Waals surface area contributed by atoms with E-state index < -0.39 is 0 Å². The first kappa shape index (κ1) is 15.8. The van der Waals surface area contributed by atoms with Gasteiger partial charge in [-0.2, -0.15) is 5.10 Å². The van der Waals surface area contributed by atoms with Crippen LogP contribution in [0.25, 0.3) is 10.9 Å². The number of aromatic nitrogens is 2. The van der Waals surface area contributed by atoms with Crippen molar-refractivity contribution in [2.75, 3.05) is 5.32 Å². The molecular formula is C16H19ClN4O2. The molecule has 7 heteroatoms. The molecule has 0 radical (unpaired) electrons. The van der Waals surface area contributed by atoms with Crippen LogP contribution in [-0.2, 0) is 9.59 Å². The molecule has 0 aliphatic heterocycles. The van der Waals surface area contributed by atoms with Gasteiger partial charge in [0.05, 0.1) is 5.52 Å². The van der Waals surface area contributed by atoms with Gasteiger partial charge >= 0.3 is 0 Å². The Hall–Kier alpha value is -2.08. The van der Waals surface area contributed by atoms with Gasteiger partial charge in [0, 0.05) is 29.3 Å². The van der Waals surface area contributed by atoms with Gasteiger partial charge in [0.1, 0.15) is 0 Å². The van der Waals surface area contributed by atoms with E-state index >= 15 is 0 Å². The molecule has 1 aliphatic carbocycles. The lowest BCUT2D eigenvalue weighted by Gasteiger charge is -2.11. The molecule has 0 unspecified atom stereocenters. The van der Waals surface area contributed by atoms with E-state index in [0.717, 1.165) is 23.7 Å². The van der Waals surface area contributed by atoms with E-state index in [4.69, 9.17) is 11.6 Å². The van der Waals surface area contributed by atoms with Crippen LogP contribution in [0.4, 0.5) is 5.82 Å². The summed E-state index contributed by atoms with van der Waals surface area (Å²) in [6.07, 6.45) is 4.75. The Morgan fingerprint density at radius 2 is 1.96 bits per heavy atom. The van der Waals surface area contributed by atoms with Crippen LogP contribution >= 0.6 is 11.6 Å². The standard InChI is InChI=1S/C16H19ClN4O2/c17-10-5-6-12-13(9-10)20-21-16(12)19-15(23)8-7-14(22)18-11-3-1-2-4-11/h5-6,9,11H,1-4,7-8H2,(H,18,22)(H2,19,20,21,23). The van der Waals surface area contributed by atoms with Crippen molar-refractivity contribution in [3.8, 4) is 0 Å². The zero-order valence-corrected chi connectivity index (χ0v) is 13.4. The highest BCUT2D eigenvalue weighted by Gasteiger charge is 2.18. The molecule has 2 amide bonds. The van der Waals surface area contributed by atoms with E-state index in [-0.39, 0.29) is 30.7 Å². The van der Waals surface area contributed by atoms with Gasteiger partial charge in [0.15, 0.2) is 5.82 Å². The van der Waals surface area contributed by atoms with Crippen molar-refractivity contribution in [1.82, 2.24) is 15.5 Å². The number of nitrogens with one attached hydrogen (secondary N) is 3.